The third-order valence-electron chi connectivity index (χ3n) is 4.05. The van der Waals surface area contributed by atoms with Gasteiger partial charge in [0.05, 0.1) is 13.2 Å². The van der Waals surface area contributed by atoms with Gasteiger partial charge in [0.25, 0.3) is 0 Å². The Hall–Kier alpha value is -0.160. The molecule has 2 atom stereocenters. The van der Waals surface area contributed by atoms with E-state index in [2.05, 4.69) is 31.1 Å². The monoisotopic (exact) mass is 272 g/mol. The van der Waals surface area contributed by atoms with E-state index < -0.39 is 0 Å². The van der Waals surface area contributed by atoms with Gasteiger partial charge in [-0.15, -0.1) is 0 Å². The lowest BCUT2D eigenvalue weighted by molar-refractivity contribution is 0.0414. The van der Waals surface area contributed by atoms with Crippen LogP contribution in [-0.4, -0.2) is 62.0 Å². The molecule has 0 amide bonds. The number of nitrogens with zero attached hydrogens (tertiary/aromatic N) is 1. The zero-order valence-corrected chi connectivity index (χ0v) is 13.0. The topological polar surface area (TPSA) is 44.7 Å². The van der Waals surface area contributed by atoms with Crippen LogP contribution in [0.1, 0.15) is 39.5 Å². The van der Waals surface area contributed by atoms with Gasteiger partial charge in [-0.3, -0.25) is 0 Å². The molecule has 2 N–H and O–H groups in total. The van der Waals surface area contributed by atoms with E-state index in [1.807, 2.05) is 0 Å². The van der Waals surface area contributed by atoms with Crippen molar-refractivity contribution >= 4 is 0 Å². The molecule has 4 nitrogen and oxygen atoms in total. The van der Waals surface area contributed by atoms with Crippen molar-refractivity contribution in [1.29, 1.82) is 0 Å². The van der Waals surface area contributed by atoms with Crippen molar-refractivity contribution in [1.82, 2.24) is 10.2 Å². The van der Waals surface area contributed by atoms with Crippen molar-refractivity contribution in [3.63, 3.8) is 0 Å². The summed E-state index contributed by atoms with van der Waals surface area (Å²) in [7, 11) is 2.19. The lowest BCUT2D eigenvalue weighted by Gasteiger charge is -2.30. The summed E-state index contributed by atoms with van der Waals surface area (Å²) in [6, 6.07) is 0. The van der Waals surface area contributed by atoms with Crippen LogP contribution in [0.2, 0.25) is 0 Å². The first-order valence-corrected chi connectivity index (χ1v) is 7.72. The molecule has 1 aliphatic rings. The van der Waals surface area contributed by atoms with Crippen molar-refractivity contribution in [3.05, 3.63) is 0 Å². The molecule has 1 saturated heterocycles. The van der Waals surface area contributed by atoms with Crippen LogP contribution in [0.3, 0.4) is 0 Å². The molecule has 1 fully saturated rings. The number of aliphatic hydroxyl groups is 1. The number of ether oxygens (including phenoxy) is 1. The lowest BCUT2D eigenvalue weighted by Crippen LogP contribution is -2.46. The molecule has 1 heterocycles. The van der Waals surface area contributed by atoms with Gasteiger partial charge in [-0.2, -0.15) is 0 Å². The van der Waals surface area contributed by atoms with Crippen molar-refractivity contribution in [2.75, 3.05) is 46.5 Å². The van der Waals surface area contributed by atoms with Gasteiger partial charge in [0.2, 0.25) is 0 Å². The summed E-state index contributed by atoms with van der Waals surface area (Å²) in [6.45, 7) is 9.41. The summed E-state index contributed by atoms with van der Waals surface area (Å²) in [5.41, 5.74) is -0.121. The van der Waals surface area contributed by atoms with Gasteiger partial charge >= 0.3 is 0 Å². The molecule has 0 aromatic rings. The third kappa shape index (κ3) is 6.70. The fourth-order valence-electron chi connectivity index (χ4n) is 2.87. The first-order chi connectivity index (χ1) is 9.09. The predicted octanol–water partition coefficient (Wildman–Crippen LogP) is 1.49. The molecule has 1 aliphatic heterocycles. The van der Waals surface area contributed by atoms with Crippen LogP contribution in [0.25, 0.3) is 0 Å². The van der Waals surface area contributed by atoms with Crippen LogP contribution in [0, 0.1) is 5.92 Å². The second-order valence-corrected chi connectivity index (χ2v) is 6.20. The minimum absolute atomic E-state index is 0.121. The van der Waals surface area contributed by atoms with E-state index >= 15 is 0 Å². The normalized spacial score (nSPS) is 23.5. The van der Waals surface area contributed by atoms with Gasteiger partial charge in [-0.1, -0.05) is 6.92 Å². The van der Waals surface area contributed by atoms with E-state index in [9.17, 15) is 5.11 Å². The molecule has 114 valence electrons. The highest BCUT2D eigenvalue weighted by Gasteiger charge is 2.21. The largest absolute Gasteiger partial charge is 0.394 e. The smallest absolute Gasteiger partial charge is 0.0610 e. The highest BCUT2D eigenvalue weighted by molar-refractivity contribution is 4.82. The van der Waals surface area contributed by atoms with E-state index in [1.54, 1.807) is 0 Å². The number of likely N-dealkylation sites (N-methyl/N-ethyl adjacent to an activating group) is 1. The van der Waals surface area contributed by atoms with Crippen molar-refractivity contribution in [3.8, 4) is 0 Å². The predicted molar refractivity (Wildman–Crippen MR) is 79.4 cm³/mol. The van der Waals surface area contributed by atoms with Gasteiger partial charge in [-0.25, -0.2) is 0 Å². The number of rotatable bonds is 9. The van der Waals surface area contributed by atoms with Gasteiger partial charge < -0.3 is 20.1 Å². The van der Waals surface area contributed by atoms with Crippen molar-refractivity contribution in [2.24, 2.45) is 5.92 Å². The van der Waals surface area contributed by atoms with Crippen LogP contribution in [0.4, 0.5) is 0 Å². The minimum Gasteiger partial charge on any atom is -0.394 e. The van der Waals surface area contributed by atoms with Crippen LogP contribution in [0.15, 0.2) is 0 Å². The van der Waals surface area contributed by atoms with Crippen LogP contribution in [-0.2, 0) is 4.74 Å². The van der Waals surface area contributed by atoms with Crippen LogP contribution < -0.4 is 5.32 Å². The molecule has 0 spiro atoms. The Kier molecular flexibility index (Phi) is 7.91. The van der Waals surface area contributed by atoms with E-state index in [0.717, 1.165) is 45.7 Å². The molecule has 0 bridgehead atoms. The van der Waals surface area contributed by atoms with Gasteiger partial charge in [0.15, 0.2) is 0 Å². The molecule has 0 aromatic carbocycles. The number of aliphatic hydroxyl groups excluding tert-OH is 1. The number of nitrogens with one attached hydrogen (secondary N) is 1. The minimum atomic E-state index is -0.121. The summed E-state index contributed by atoms with van der Waals surface area (Å²) >= 11 is 0. The third-order valence-corrected chi connectivity index (χ3v) is 4.05. The summed E-state index contributed by atoms with van der Waals surface area (Å²) in [5.74, 6) is 0.705. The van der Waals surface area contributed by atoms with Crippen LogP contribution >= 0.6 is 0 Å². The molecule has 0 radical (unpaired) electrons. The quantitative estimate of drug-likeness (QED) is 0.667. The lowest BCUT2D eigenvalue weighted by atomic mass is 9.96. The molecule has 0 aliphatic carbocycles. The molecule has 19 heavy (non-hydrogen) atoms. The van der Waals surface area contributed by atoms with Crippen molar-refractivity contribution in [2.45, 2.75) is 45.1 Å². The Morgan fingerprint density at radius 1 is 1.47 bits per heavy atom. The SMILES string of the molecule is CCNC(C)(CO)CCCN(C)CC1CCCOC1. The standard InChI is InChI=1S/C15H32N2O2/c1-4-16-15(2,13-18)8-6-9-17(3)11-14-7-5-10-19-12-14/h14,16,18H,4-13H2,1-3H3. The maximum absolute atomic E-state index is 9.45. The number of hydrogen-bond acceptors (Lipinski definition) is 4. The van der Waals surface area contributed by atoms with E-state index in [4.69, 9.17) is 4.74 Å². The average Bonchev–Trinajstić information content (AvgIpc) is 2.40. The Morgan fingerprint density at radius 2 is 2.26 bits per heavy atom. The first-order valence-electron chi connectivity index (χ1n) is 7.72. The molecule has 2 unspecified atom stereocenters. The molecule has 4 heteroatoms. The van der Waals surface area contributed by atoms with Crippen LogP contribution in [0.5, 0.6) is 0 Å². The molecule has 1 rings (SSSR count). The highest BCUT2D eigenvalue weighted by atomic mass is 16.5. The second-order valence-electron chi connectivity index (χ2n) is 6.20. The molecule has 0 saturated carbocycles. The summed E-state index contributed by atoms with van der Waals surface area (Å²) in [5, 5.41) is 12.8. The summed E-state index contributed by atoms with van der Waals surface area (Å²) < 4.78 is 5.52. The maximum Gasteiger partial charge on any atom is 0.0610 e. The van der Waals surface area contributed by atoms with Crippen molar-refractivity contribution < 1.29 is 9.84 Å². The average molecular weight is 272 g/mol. The van der Waals surface area contributed by atoms with Gasteiger partial charge in [0.1, 0.15) is 0 Å². The second kappa shape index (κ2) is 8.90. The fraction of sp³-hybridized carbons (Fsp3) is 1.00. The Balaban J connectivity index is 2.16. The van der Waals surface area contributed by atoms with E-state index in [0.29, 0.717) is 5.92 Å². The molecule has 0 aromatic heterocycles. The Morgan fingerprint density at radius 3 is 2.84 bits per heavy atom. The Labute approximate surface area is 118 Å². The zero-order chi connectivity index (χ0) is 14.1. The zero-order valence-electron chi connectivity index (χ0n) is 13.0. The molecular formula is C15H32N2O2. The maximum atomic E-state index is 9.45. The molecular weight excluding hydrogens is 240 g/mol. The highest BCUT2D eigenvalue weighted by Crippen LogP contribution is 2.16. The van der Waals surface area contributed by atoms with E-state index in [-0.39, 0.29) is 12.1 Å². The van der Waals surface area contributed by atoms with Gasteiger partial charge in [0, 0.05) is 18.7 Å². The van der Waals surface area contributed by atoms with E-state index in [1.165, 1.54) is 12.8 Å². The van der Waals surface area contributed by atoms with Gasteiger partial charge in [-0.05, 0) is 58.7 Å². The first kappa shape index (κ1) is 16.9. The number of hydrogen-bond donors (Lipinski definition) is 2. The summed E-state index contributed by atoms with van der Waals surface area (Å²) in [4.78, 5) is 2.41. The Bertz CT molecular complexity index is 232. The fourth-order valence-corrected chi connectivity index (χ4v) is 2.87. The summed E-state index contributed by atoms with van der Waals surface area (Å²) in [6.07, 6.45) is 4.65.